The molecule has 2 amide bonds. The fourth-order valence-electron chi connectivity index (χ4n) is 3.78. The number of aromatic nitrogens is 2. The summed E-state index contributed by atoms with van der Waals surface area (Å²) in [5.41, 5.74) is 5.85. The minimum atomic E-state index is -0.975. The van der Waals surface area contributed by atoms with Crippen LogP contribution in [-0.2, 0) is 29.2 Å². The molecule has 1 heterocycles. The number of methoxy groups -OCH3 is 1. The summed E-state index contributed by atoms with van der Waals surface area (Å²) in [4.78, 5) is 32.2. The smallest absolute Gasteiger partial charge is 0.408 e. The second-order valence-electron chi connectivity index (χ2n) is 8.74. The zero-order valence-electron chi connectivity index (χ0n) is 22.2. The molecule has 4 aromatic rings. The number of H-pyrrole nitrogens is 1. The molecular formula is C30H28N6O5. The lowest BCUT2D eigenvalue weighted by molar-refractivity contribution is -0.123. The maximum Gasteiger partial charge on any atom is 0.408 e. The molecule has 0 saturated carbocycles. The predicted molar refractivity (Wildman–Crippen MR) is 150 cm³/mol. The zero-order valence-corrected chi connectivity index (χ0v) is 22.2. The van der Waals surface area contributed by atoms with Crippen molar-refractivity contribution in [3.05, 3.63) is 113 Å². The Hall–Kier alpha value is -5.63. The van der Waals surface area contributed by atoms with Crippen molar-refractivity contribution in [2.24, 2.45) is 5.10 Å². The molecular weight excluding hydrogens is 524 g/mol. The first-order valence-corrected chi connectivity index (χ1v) is 12.6. The van der Waals surface area contributed by atoms with Crippen molar-refractivity contribution < 1.29 is 23.8 Å². The van der Waals surface area contributed by atoms with Gasteiger partial charge in [-0.15, -0.1) is 0 Å². The molecule has 0 saturated heterocycles. The number of nitrogens with zero attached hydrogens (tertiary/aromatic N) is 3. The van der Waals surface area contributed by atoms with E-state index in [1.165, 1.54) is 19.7 Å². The molecule has 208 valence electrons. The molecule has 0 radical (unpaired) electrons. The van der Waals surface area contributed by atoms with E-state index in [1.807, 2.05) is 42.5 Å². The first-order valence-electron chi connectivity index (χ1n) is 12.6. The van der Waals surface area contributed by atoms with Crippen LogP contribution in [0.15, 0.2) is 90.4 Å². The lowest BCUT2D eigenvalue weighted by Gasteiger charge is -2.16. The van der Waals surface area contributed by atoms with Crippen molar-refractivity contribution in [1.82, 2.24) is 20.7 Å². The fraction of sp³-hybridized carbons (Fsp3) is 0.167. The van der Waals surface area contributed by atoms with Crippen molar-refractivity contribution >= 4 is 18.2 Å². The largest absolute Gasteiger partial charge is 0.493 e. The molecule has 11 heteroatoms. The van der Waals surface area contributed by atoms with Crippen LogP contribution in [0.3, 0.4) is 0 Å². The number of hydrazone groups is 1. The van der Waals surface area contributed by atoms with Crippen molar-refractivity contribution in [2.45, 2.75) is 25.7 Å². The standard InChI is InChI=1S/C30H28N6O5/c1-39-28-13-22(11-12-27(28)40-19-24-10-6-5-9-23(24)15-31)16-34-36-29(37)26(14-25-17-32-20-33-25)35-30(38)41-18-21-7-3-2-4-8-21/h2-13,16-17,20,26H,14,18-19H2,1H3,(H,32,33)(H,35,38)(H,36,37)/b34-16-/t26-/m0/s1. The molecule has 0 fully saturated rings. The number of aromatic amines is 1. The monoisotopic (exact) mass is 552 g/mol. The summed E-state index contributed by atoms with van der Waals surface area (Å²) in [6.45, 7) is 0.262. The van der Waals surface area contributed by atoms with Gasteiger partial charge in [-0.2, -0.15) is 10.4 Å². The Balaban J connectivity index is 1.36. The van der Waals surface area contributed by atoms with E-state index in [0.717, 1.165) is 11.1 Å². The second kappa shape index (κ2) is 14.5. The van der Waals surface area contributed by atoms with Gasteiger partial charge < -0.3 is 24.5 Å². The fourth-order valence-corrected chi connectivity index (χ4v) is 3.78. The Kier molecular flexibility index (Phi) is 10.0. The van der Waals surface area contributed by atoms with Gasteiger partial charge in [-0.1, -0.05) is 48.5 Å². The van der Waals surface area contributed by atoms with E-state index in [4.69, 9.17) is 14.2 Å². The molecule has 0 aliphatic rings. The highest BCUT2D eigenvalue weighted by Gasteiger charge is 2.22. The van der Waals surface area contributed by atoms with Crippen molar-refractivity contribution in [2.75, 3.05) is 7.11 Å². The highest BCUT2D eigenvalue weighted by atomic mass is 16.5. The molecule has 0 spiro atoms. The van der Waals surface area contributed by atoms with Gasteiger partial charge in [0.15, 0.2) is 11.5 Å². The minimum absolute atomic E-state index is 0.0651. The van der Waals surface area contributed by atoms with Crippen LogP contribution in [0.4, 0.5) is 4.79 Å². The first-order chi connectivity index (χ1) is 20.1. The Morgan fingerprint density at radius 2 is 1.88 bits per heavy atom. The topological polar surface area (TPSA) is 151 Å². The van der Waals surface area contributed by atoms with Gasteiger partial charge in [-0.3, -0.25) is 4.79 Å². The Morgan fingerprint density at radius 1 is 1.07 bits per heavy atom. The Morgan fingerprint density at radius 3 is 2.63 bits per heavy atom. The third-order valence-electron chi connectivity index (χ3n) is 5.90. The van der Waals surface area contributed by atoms with Gasteiger partial charge >= 0.3 is 6.09 Å². The molecule has 0 unspecified atom stereocenters. The molecule has 1 aromatic heterocycles. The number of alkyl carbamates (subject to hydrolysis) is 1. The van der Waals surface area contributed by atoms with Crippen molar-refractivity contribution in [1.29, 1.82) is 5.26 Å². The minimum Gasteiger partial charge on any atom is -0.493 e. The number of nitrogens with one attached hydrogen (secondary N) is 3. The van der Waals surface area contributed by atoms with Gasteiger partial charge in [0, 0.05) is 23.9 Å². The summed E-state index contributed by atoms with van der Waals surface area (Å²) >= 11 is 0. The van der Waals surface area contributed by atoms with Crippen LogP contribution >= 0.6 is 0 Å². The number of ether oxygens (including phenoxy) is 3. The summed E-state index contributed by atoms with van der Waals surface area (Å²) in [6.07, 6.45) is 3.90. The van der Waals surface area contributed by atoms with E-state index in [-0.39, 0.29) is 19.6 Å². The molecule has 0 aliphatic heterocycles. The number of carbonyl (C=O) groups excluding carboxylic acids is 2. The number of rotatable bonds is 12. The molecule has 3 aromatic carbocycles. The van der Waals surface area contributed by atoms with E-state index >= 15 is 0 Å². The van der Waals surface area contributed by atoms with Crippen LogP contribution in [0.2, 0.25) is 0 Å². The summed E-state index contributed by atoms with van der Waals surface area (Å²) in [6, 6.07) is 22.7. The van der Waals surface area contributed by atoms with Crippen LogP contribution in [0.25, 0.3) is 0 Å². The van der Waals surface area contributed by atoms with E-state index in [1.54, 1.807) is 36.5 Å². The molecule has 0 bridgehead atoms. The van der Waals surface area contributed by atoms with E-state index in [0.29, 0.717) is 28.3 Å². The maximum atomic E-state index is 12.9. The van der Waals surface area contributed by atoms with Crippen molar-refractivity contribution in [3.63, 3.8) is 0 Å². The third kappa shape index (κ3) is 8.43. The quantitative estimate of drug-likeness (QED) is 0.178. The van der Waals surface area contributed by atoms with E-state index in [9.17, 15) is 14.9 Å². The molecule has 11 nitrogen and oxygen atoms in total. The lowest BCUT2D eigenvalue weighted by Crippen LogP contribution is -2.47. The molecule has 4 rings (SSSR count). The molecule has 41 heavy (non-hydrogen) atoms. The molecule has 0 aliphatic carbocycles. The number of benzene rings is 3. The number of amides is 2. The Bertz CT molecular complexity index is 1520. The molecule has 3 N–H and O–H groups in total. The summed E-state index contributed by atoms with van der Waals surface area (Å²) in [5, 5.41) is 15.9. The summed E-state index contributed by atoms with van der Waals surface area (Å²) in [7, 11) is 1.51. The first kappa shape index (κ1) is 28.4. The van der Waals surface area contributed by atoms with Gasteiger partial charge in [0.1, 0.15) is 19.3 Å². The van der Waals surface area contributed by atoms with E-state index in [2.05, 4.69) is 31.9 Å². The van der Waals surface area contributed by atoms with Gasteiger partial charge in [-0.05, 0) is 35.4 Å². The van der Waals surface area contributed by atoms with Crippen LogP contribution in [0.1, 0.15) is 27.9 Å². The number of hydrogen-bond donors (Lipinski definition) is 3. The maximum absolute atomic E-state index is 12.9. The number of imidazole rings is 1. The predicted octanol–water partition coefficient (Wildman–Crippen LogP) is 3.86. The van der Waals surface area contributed by atoms with Crippen LogP contribution in [0.5, 0.6) is 11.5 Å². The van der Waals surface area contributed by atoms with E-state index < -0.39 is 18.0 Å². The normalized spacial score (nSPS) is 11.3. The van der Waals surface area contributed by atoms with Gasteiger partial charge in [0.25, 0.3) is 5.91 Å². The second-order valence-corrected chi connectivity index (χ2v) is 8.74. The van der Waals surface area contributed by atoms with Crippen molar-refractivity contribution in [3.8, 4) is 17.6 Å². The highest BCUT2D eigenvalue weighted by molar-refractivity contribution is 5.87. The zero-order chi connectivity index (χ0) is 28.9. The van der Waals surface area contributed by atoms with Gasteiger partial charge in [0.2, 0.25) is 0 Å². The Labute approximate surface area is 236 Å². The SMILES string of the molecule is COc1cc(/C=N\NC(=O)[C@H](Cc2cnc[nH]2)NC(=O)OCc2ccccc2)ccc1OCc1ccccc1C#N. The number of hydrogen-bond acceptors (Lipinski definition) is 8. The average Bonchev–Trinajstić information content (AvgIpc) is 3.52. The van der Waals surface area contributed by atoms with Crippen LogP contribution in [-0.4, -0.2) is 41.3 Å². The lowest BCUT2D eigenvalue weighted by atomic mass is 10.1. The van der Waals surface area contributed by atoms with Crippen LogP contribution < -0.4 is 20.2 Å². The van der Waals surface area contributed by atoms with Gasteiger partial charge in [-0.25, -0.2) is 15.2 Å². The average molecular weight is 553 g/mol. The van der Waals surface area contributed by atoms with Gasteiger partial charge in [0.05, 0.1) is 31.3 Å². The molecule has 1 atom stereocenters. The van der Waals surface area contributed by atoms with Crippen LogP contribution in [0, 0.1) is 11.3 Å². The summed E-state index contributed by atoms with van der Waals surface area (Å²) < 4.78 is 16.6. The number of nitriles is 1. The summed E-state index contributed by atoms with van der Waals surface area (Å²) in [5.74, 6) is 0.393. The highest BCUT2D eigenvalue weighted by Crippen LogP contribution is 2.28. The number of carbonyl (C=O) groups is 2. The third-order valence-corrected chi connectivity index (χ3v) is 5.90.